The van der Waals surface area contributed by atoms with Crippen LogP contribution in [0.5, 0.6) is 0 Å². The SMILES string of the molecule is CC(C)Cc1ccn2cnnc2c1. The largest absolute Gasteiger partial charge is 0.289 e. The fourth-order valence-corrected chi connectivity index (χ4v) is 1.46. The van der Waals surface area contributed by atoms with Gasteiger partial charge in [-0.2, -0.15) is 0 Å². The molecule has 0 aliphatic heterocycles. The lowest BCUT2D eigenvalue weighted by molar-refractivity contribution is 0.647. The van der Waals surface area contributed by atoms with Crippen LogP contribution in [-0.4, -0.2) is 14.6 Å². The summed E-state index contributed by atoms with van der Waals surface area (Å²) in [6.45, 7) is 4.43. The second kappa shape index (κ2) is 3.17. The van der Waals surface area contributed by atoms with Gasteiger partial charge in [0.2, 0.25) is 0 Å². The van der Waals surface area contributed by atoms with Gasteiger partial charge >= 0.3 is 0 Å². The number of hydrogen-bond acceptors (Lipinski definition) is 2. The quantitative estimate of drug-likeness (QED) is 0.698. The lowest BCUT2D eigenvalue weighted by Crippen LogP contribution is -1.95. The van der Waals surface area contributed by atoms with Gasteiger partial charge in [0.25, 0.3) is 0 Å². The maximum Gasteiger partial charge on any atom is 0.160 e. The van der Waals surface area contributed by atoms with E-state index in [-0.39, 0.29) is 0 Å². The zero-order valence-corrected chi connectivity index (χ0v) is 7.94. The van der Waals surface area contributed by atoms with E-state index in [0.717, 1.165) is 12.1 Å². The average Bonchev–Trinajstić information content (AvgIpc) is 2.49. The molecular weight excluding hydrogens is 162 g/mol. The second-order valence-corrected chi connectivity index (χ2v) is 3.73. The summed E-state index contributed by atoms with van der Waals surface area (Å²) in [6, 6.07) is 4.21. The molecule has 0 aliphatic carbocycles. The van der Waals surface area contributed by atoms with E-state index in [1.165, 1.54) is 5.56 Å². The minimum atomic E-state index is 0.686. The van der Waals surface area contributed by atoms with Crippen molar-refractivity contribution in [1.29, 1.82) is 0 Å². The Hall–Kier alpha value is -1.38. The van der Waals surface area contributed by atoms with E-state index in [4.69, 9.17) is 0 Å². The van der Waals surface area contributed by atoms with E-state index < -0.39 is 0 Å². The molecule has 0 bridgehead atoms. The molecule has 0 aromatic carbocycles. The van der Waals surface area contributed by atoms with Crippen molar-refractivity contribution in [2.75, 3.05) is 0 Å². The highest BCUT2D eigenvalue weighted by molar-refractivity contribution is 5.39. The molecule has 0 saturated heterocycles. The Morgan fingerprint density at radius 2 is 2.31 bits per heavy atom. The molecule has 0 saturated carbocycles. The highest BCUT2D eigenvalue weighted by atomic mass is 15.2. The minimum Gasteiger partial charge on any atom is -0.289 e. The van der Waals surface area contributed by atoms with E-state index >= 15 is 0 Å². The van der Waals surface area contributed by atoms with Gasteiger partial charge < -0.3 is 0 Å². The van der Waals surface area contributed by atoms with Crippen molar-refractivity contribution in [2.45, 2.75) is 20.3 Å². The zero-order chi connectivity index (χ0) is 9.26. The standard InChI is InChI=1S/C10H13N3/c1-8(2)5-9-3-4-13-7-11-12-10(13)6-9/h3-4,6-8H,5H2,1-2H3. The topological polar surface area (TPSA) is 30.2 Å². The van der Waals surface area contributed by atoms with Crippen LogP contribution in [0.3, 0.4) is 0 Å². The van der Waals surface area contributed by atoms with Crippen LogP contribution in [0.25, 0.3) is 5.65 Å². The van der Waals surface area contributed by atoms with Crippen LogP contribution >= 0.6 is 0 Å². The third kappa shape index (κ3) is 1.69. The van der Waals surface area contributed by atoms with E-state index in [9.17, 15) is 0 Å². The average molecular weight is 175 g/mol. The Labute approximate surface area is 77.4 Å². The molecule has 2 heterocycles. The molecule has 0 amide bonds. The molecule has 0 radical (unpaired) electrons. The van der Waals surface area contributed by atoms with Crippen LogP contribution in [0.4, 0.5) is 0 Å². The molecule has 0 atom stereocenters. The molecule has 2 aromatic rings. The predicted molar refractivity (Wildman–Crippen MR) is 51.5 cm³/mol. The second-order valence-electron chi connectivity index (χ2n) is 3.73. The van der Waals surface area contributed by atoms with Gasteiger partial charge in [-0.25, -0.2) is 0 Å². The van der Waals surface area contributed by atoms with Crippen LogP contribution in [0, 0.1) is 5.92 Å². The summed E-state index contributed by atoms with van der Waals surface area (Å²) in [7, 11) is 0. The number of pyridine rings is 1. The van der Waals surface area contributed by atoms with Crippen LogP contribution in [0.15, 0.2) is 24.7 Å². The monoisotopic (exact) mass is 175 g/mol. The fraction of sp³-hybridized carbons (Fsp3) is 0.400. The third-order valence-corrected chi connectivity index (χ3v) is 2.01. The fourth-order valence-electron chi connectivity index (χ4n) is 1.46. The normalized spacial score (nSPS) is 11.3. The van der Waals surface area contributed by atoms with E-state index in [2.05, 4.69) is 36.2 Å². The molecular formula is C10H13N3. The third-order valence-electron chi connectivity index (χ3n) is 2.01. The van der Waals surface area contributed by atoms with Crippen molar-refractivity contribution in [2.24, 2.45) is 5.92 Å². The van der Waals surface area contributed by atoms with Crippen LogP contribution in [0.2, 0.25) is 0 Å². The van der Waals surface area contributed by atoms with Crippen LogP contribution in [0.1, 0.15) is 19.4 Å². The maximum absolute atomic E-state index is 4.00. The van der Waals surface area contributed by atoms with Gasteiger partial charge in [-0.1, -0.05) is 13.8 Å². The molecule has 2 aromatic heterocycles. The van der Waals surface area contributed by atoms with Gasteiger partial charge in [0, 0.05) is 6.20 Å². The van der Waals surface area contributed by atoms with Gasteiger partial charge in [0.1, 0.15) is 6.33 Å². The zero-order valence-electron chi connectivity index (χ0n) is 7.94. The number of nitrogens with zero attached hydrogens (tertiary/aromatic N) is 3. The molecule has 0 N–H and O–H groups in total. The molecule has 68 valence electrons. The molecule has 3 heteroatoms. The summed E-state index contributed by atoms with van der Waals surface area (Å²) in [4.78, 5) is 0. The van der Waals surface area contributed by atoms with Crippen LogP contribution < -0.4 is 0 Å². The lowest BCUT2D eigenvalue weighted by Gasteiger charge is -2.04. The van der Waals surface area contributed by atoms with Crippen molar-refractivity contribution in [3.63, 3.8) is 0 Å². The van der Waals surface area contributed by atoms with Gasteiger partial charge in [-0.15, -0.1) is 10.2 Å². The minimum absolute atomic E-state index is 0.686. The summed E-state index contributed by atoms with van der Waals surface area (Å²) in [5, 5.41) is 7.83. The number of rotatable bonds is 2. The van der Waals surface area contributed by atoms with Gasteiger partial charge in [0.05, 0.1) is 0 Å². The highest BCUT2D eigenvalue weighted by Gasteiger charge is 2.00. The van der Waals surface area contributed by atoms with Crippen LogP contribution in [-0.2, 0) is 6.42 Å². The van der Waals surface area contributed by atoms with Crippen molar-refractivity contribution in [3.8, 4) is 0 Å². The van der Waals surface area contributed by atoms with Gasteiger partial charge in [-0.3, -0.25) is 4.40 Å². The summed E-state index contributed by atoms with van der Waals surface area (Å²) in [5.41, 5.74) is 2.26. The first-order chi connectivity index (χ1) is 6.25. The van der Waals surface area contributed by atoms with E-state index in [1.807, 2.05) is 10.6 Å². The predicted octanol–water partition coefficient (Wildman–Crippen LogP) is 1.93. The number of fused-ring (bicyclic) bond motifs is 1. The molecule has 2 rings (SSSR count). The Bertz CT molecular complexity index is 403. The van der Waals surface area contributed by atoms with Crippen molar-refractivity contribution in [1.82, 2.24) is 14.6 Å². The summed E-state index contributed by atoms with van der Waals surface area (Å²) in [6.07, 6.45) is 4.82. The first kappa shape index (κ1) is 8.23. The number of aromatic nitrogens is 3. The molecule has 0 fully saturated rings. The number of hydrogen-bond donors (Lipinski definition) is 0. The molecule has 13 heavy (non-hydrogen) atoms. The molecule has 0 unspecified atom stereocenters. The molecule has 3 nitrogen and oxygen atoms in total. The summed E-state index contributed by atoms with van der Waals surface area (Å²) < 4.78 is 1.92. The first-order valence-corrected chi connectivity index (χ1v) is 4.54. The lowest BCUT2D eigenvalue weighted by atomic mass is 10.0. The Morgan fingerprint density at radius 3 is 3.08 bits per heavy atom. The first-order valence-electron chi connectivity index (χ1n) is 4.54. The van der Waals surface area contributed by atoms with Gasteiger partial charge in [-0.05, 0) is 30.0 Å². The van der Waals surface area contributed by atoms with Crippen molar-refractivity contribution < 1.29 is 0 Å². The van der Waals surface area contributed by atoms with Crippen molar-refractivity contribution >= 4 is 5.65 Å². The Morgan fingerprint density at radius 1 is 1.46 bits per heavy atom. The summed E-state index contributed by atoms with van der Waals surface area (Å²) in [5.74, 6) is 0.686. The smallest absolute Gasteiger partial charge is 0.160 e. The molecule has 0 spiro atoms. The maximum atomic E-state index is 4.00. The van der Waals surface area contributed by atoms with E-state index in [0.29, 0.717) is 5.92 Å². The Balaban J connectivity index is 2.37. The Kier molecular flexibility index (Phi) is 2.00. The summed E-state index contributed by atoms with van der Waals surface area (Å²) >= 11 is 0. The highest BCUT2D eigenvalue weighted by Crippen LogP contribution is 2.09. The van der Waals surface area contributed by atoms with Crippen molar-refractivity contribution in [3.05, 3.63) is 30.2 Å². The van der Waals surface area contributed by atoms with Gasteiger partial charge in [0.15, 0.2) is 5.65 Å². The molecule has 0 aliphatic rings. The van der Waals surface area contributed by atoms with E-state index in [1.54, 1.807) is 6.33 Å².